The van der Waals surface area contributed by atoms with Crippen molar-refractivity contribution >= 4 is 17.3 Å². The minimum atomic E-state index is -0.419. The number of anilines is 2. The second-order valence-electron chi connectivity index (χ2n) is 4.83. The van der Waals surface area contributed by atoms with Crippen molar-refractivity contribution in [3.8, 4) is 0 Å². The first-order chi connectivity index (χ1) is 9.69. The Morgan fingerprint density at radius 3 is 2.70 bits per heavy atom. The predicted molar refractivity (Wildman–Crippen MR) is 77.1 cm³/mol. The summed E-state index contributed by atoms with van der Waals surface area (Å²) < 4.78 is 5.49. The van der Waals surface area contributed by atoms with Crippen molar-refractivity contribution in [2.75, 3.05) is 36.9 Å². The molecular formula is C13H20N4O3. The van der Waals surface area contributed by atoms with Crippen molar-refractivity contribution in [1.29, 1.82) is 0 Å². The van der Waals surface area contributed by atoms with Gasteiger partial charge in [0.2, 0.25) is 0 Å². The van der Waals surface area contributed by atoms with Gasteiger partial charge in [0.25, 0.3) is 5.69 Å². The van der Waals surface area contributed by atoms with E-state index in [2.05, 4.69) is 15.6 Å². The largest absolute Gasteiger partial charge is 0.379 e. The number of hydrogen-bond donors (Lipinski definition) is 2. The van der Waals surface area contributed by atoms with E-state index in [-0.39, 0.29) is 5.69 Å². The lowest BCUT2D eigenvalue weighted by Gasteiger charge is -2.09. The summed E-state index contributed by atoms with van der Waals surface area (Å²) in [6.07, 6.45) is 2.54. The fourth-order valence-corrected chi connectivity index (χ4v) is 1.77. The lowest BCUT2D eigenvalue weighted by atomic mass is 10.3. The topological polar surface area (TPSA) is 89.3 Å². The first kappa shape index (κ1) is 14.5. The molecule has 0 aliphatic heterocycles. The normalized spacial score (nSPS) is 14.1. The van der Waals surface area contributed by atoms with E-state index >= 15 is 0 Å². The average Bonchev–Trinajstić information content (AvgIpc) is 3.22. The van der Waals surface area contributed by atoms with Gasteiger partial charge in [-0.05, 0) is 25.7 Å². The van der Waals surface area contributed by atoms with E-state index in [4.69, 9.17) is 4.74 Å². The second kappa shape index (κ2) is 7.04. The van der Waals surface area contributed by atoms with Gasteiger partial charge in [-0.3, -0.25) is 10.1 Å². The molecule has 2 rings (SSSR count). The Morgan fingerprint density at radius 1 is 1.40 bits per heavy atom. The van der Waals surface area contributed by atoms with Crippen LogP contribution in [0.4, 0.5) is 17.3 Å². The molecular weight excluding hydrogens is 260 g/mol. The van der Waals surface area contributed by atoms with E-state index in [1.165, 1.54) is 25.0 Å². The summed E-state index contributed by atoms with van der Waals surface area (Å²) >= 11 is 0. The van der Waals surface area contributed by atoms with Crippen LogP contribution in [-0.4, -0.2) is 36.2 Å². The SMILES string of the molecule is CCNc1cc([N+](=O)[O-])cc(NCCOCC2CC2)n1. The van der Waals surface area contributed by atoms with Crippen LogP contribution in [-0.2, 0) is 4.74 Å². The standard InChI is InChI=1S/C13H20N4O3/c1-2-14-12-7-11(17(18)19)8-13(16-12)15-5-6-20-9-10-3-4-10/h7-8,10H,2-6,9H2,1H3,(H2,14,15,16). The van der Waals surface area contributed by atoms with Gasteiger partial charge in [-0.25, -0.2) is 4.98 Å². The molecule has 0 atom stereocenters. The molecule has 7 nitrogen and oxygen atoms in total. The maximum atomic E-state index is 10.9. The van der Waals surface area contributed by atoms with Gasteiger partial charge in [0.15, 0.2) is 0 Å². The molecule has 110 valence electrons. The van der Waals surface area contributed by atoms with Gasteiger partial charge in [0.05, 0.1) is 23.7 Å². The molecule has 1 fully saturated rings. The van der Waals surface area contributed by atoms with Crippen molar-refractivity contribution in [3.05, 3.63) is 22.2 Å². The van der Waals surface area contributed by atoms with Gasteiger partial charge in [-0.15, -0.1) is 0 Å². The average molecular weight is 280 g/mol. The minimum absolute atomic E-state index is 0.0253. The summed E-state index contributed by atoms with van der Waals surface area (Å²) in [5.41, 5.74) is 0.0253. The van der Waals surface area contributed by atoms with Crippen LogP contribution in [0.5, 0.6) is 0 Å². The number of aromatic nitrogens is 1. The molecule has 0 radical (unpaired) electrons. The van der Waals surface area contributed by atoms with Gasteiger partial charge in [-0.2, -0.15) is 0 Å². The van der Waals surface area contributed by atoms with Crippen LogP contribution in [0.3, 0.4) is 0 Å². The highest BCUT2D eigenvalue weighted by Crippen LogP contribution is 2.28. The fraction of sp³-hybridized carbons (Fsp3) is 0.615. The molecule has 2 N–H and O–H groups in total. The zero-order valence-corrected chi connectivity index (χ0v) is 11.6. The number of pyridine rings is 1. The van der Waals surface area contributed by atoms with E-state index in [1.807, 2.05) is 6.92 Å². The Kier molecular flexibility index (Phi) is 5.11. The third-order valence-corrected chi connectivity index (χ3v) is 2.98. The van der Waals surface area contributed by atoms with Crippen LogP contribution in [0.15, 0.2) is 12.1 Å². The highest BCUT2D eigenvalue weighted by Gasteiger charge is 2.20. The Labute approximate surface area is 117 Å². The summed E-state index contributed by atoms with van der Waals surface area (Å²) in [4.78, 5) is 14.7. The molecule has 0 spiro atoms. The lowest BCUT2D eigenvalue weighted by molar-refractivity contribution is -0.384. The molecule has 1 aliphatic carbocycles. The Morgan fingerprint density at radius 2 is 2.10 bits per heavy atom. The third-order valence-electron chi connectivity index (χ3n) is 2.98. The van der Waals surface area contributed by atoms with E-state index in [9.17, 15) is 10.1 Å². The summed E-state index contributed by atoms with van der Waals surface area (Å²) in [5.74, 6) is 1.74. The van der Waals surface area contributed by atoms with Crippen LogP contribution in [0.25, 0.3) is 0 Å². The monoisotopic (exact) mass is 280 g/mol. The molecule has 1 aromatic heterocycles. The number of ether oxygens (including phenoxy) is 1. The smallest absolute Gasteiger partial charge is 0.276 e. The van der Waals surface area contributed by atoms with Crippen LogP contribution in [0.1, 0.15) is 19.8 Å². The zero-order chi connectivity index (χ0) is 14.4. The van der Waals surface area contributed by atoms with E-state index in [0.717, 1.165) is 12.5 Å². The van der Waals surface area contributed by atoms with Crippen molar-refractivity contribution in [1.82, 2.24) is 4.98 Å². The molecule has 0 bridgehead atoms. The summed E-state index contributed by atoms with van der Waals surface area (Å²) in [5, 5.41) is 16.9. The van der Waals surface area contributed by atoms with Crippen molar-refractivity contribution in [2.45, 2.75) is 19.8 Å². The maximum Gasteiger partial charge on any atom is 0.276 e. The first-order valence-corrected chi connectivity index (χ1v) is 6.91. The number of rotatable bonds is 9. The van der Waals surface area contributed by atoms with Crippen LogP contribution >= 0.6 is 0 Å². The van der Waals surface area contributed by atoms with Crippen LogP contribution < -0.4 is 10.6 Å². The molecule has 0 unspecified atom stereocenters. The van der Waals surface area contributed by atoms with Crippen molar-refractivity contribution in [2.24, 2.45) is 5.92 Å². The first-order valence-electron chi connectivity index (χ1n) is 6.91. The number of nitrogens with one attached hydrogen (secondary N) is 2. The van der Waals surface area contributed by atoms with Gasteiger partial charge >= 0.3 is 0 Å². The molecule has 0 saturated heterocycles. The van der Waals surface area contributed by atoms with Gasteiger partial charge in [0, 0.05) is 19.7 Å². The van der Waals surface area contributed by atoms with Gasteiger partial charge in [0.1, 0.15) is 11.6 Å². The molecule has 0 aromatic carbocycles. The molecule has 7 heteroatoms. The van der Waals surface area contributed by atoms with Gasteiger partial charge in [-0.1, -0.05) is 0 Å². The van der Waals surface area contributed by atoms with Crippen molar-refractivity contribution in [3.63, 3.8) is 0 Å². The van der Waals surface area contributed by atoms with E-state index in [0.29, 0.717) is 31.3 Å². The highest BCUT2D eigenvalue weighted by molar-refractivity contribution is 5.54. The van der Waals surface area contributed by atoms with Crippen LogP contribution in [0.2, 0.25) is 0 Å². The van der Waals surface area contributed by atoms with E-state index in [1.54, 1.807) is 0 Å². The number of nitrogens with zero attached hydrogens (tertiary/aromatic N) is 2. The Hall–Kier alpha value is -1.89. The maximum absolute atomic E-state index is 10.9. The quantitative estimate of drug-likeness (QED) is 0.410. The fourth-order valence-electron chi connectivity index (χ4n) is 1.77. The van der Waals surface area contributed by atoms with Crippen molar-refractivity contribution < 1.29 is 9.66 Å². The number of hydrogen-bond acceptors (Lipinski definition) is 6. The molecule has 1 saturated carbocycles. The Balaban J connectivity index is 1.85. The number of nitro groups is 1. The predicted octanol–water partition coefficient (Wildman–Crippen LogP) is 2.26. The van der Waals surface area contributed by atoms with Crippen LogP contribution in [0, 0.1) is 16.0 Å². The third kappa shape index (κ3) is 4.65. The molecule has 0 amide bonds. The lowest BCUT2D eigenvalue weighted by Crippen LogP contribution is -2.12. The van der Waals surface area contributed by atoms with E-state index < -0.39 is 4.92 Å². The summed E-state index contributed by atoms with van der Waals surface area (Å²) in [6, 6.07) is 2.86. The molecule has 20 heavy (non-hydrogen) atoms. The zero-order valence-electron chi connectivity index (χ0n) is 11.6. The highest BCUT2D eigenvalue weighted by atomic mass is 16.6. The summed E-state index contributed by atoms with van der Waals surface area (Å²) in [7, 11) is 0. The molecule has 1 aromatic rings. The summed E-state index contributed by atoms with van der Waals surface area (Å²) in [6.45, 7) is 4.56. The van der Waals surface area contributed by atoms with Gasteiger partial charge < -0.3 is 15.4 Å². The molecule has 1 aliphatic rings. The Bertz CT molecular complexity index is 463. The second-order valence-corrected chi connectivity index (χ2v) is 4.83. The molecule has 1 heterocycles. The minimum Gasteiger partial charge on any atom is -0.379 e.